The van der Waals surface area contributed by atoms with Gasteiger partial charge in [-0.05, 0) is 70.6 Å². The standard InChI is InChI=1S/C29H19BrFNO7/c30-19-11-22(34)25-18(26(19)35)10-17-15(23(25)12-4-7-21(33)20(31)9-12)5-6-16-24(17)28(37)32(27(16)36)14-3-1-2-13(8-14)29(38)39/h1-5,7-9,11,16-17,23-24,33H,6,10H2,(H,38,39). The molecule has 2 aromatic carbocycles. The number of hydrogen-bond acceptors (Lipinski definition) is 6. The number of nitrogens with zero attached hydrogens (tertiary/aromatic N) is 1. The summed E-state index contributed by atoms with van der Waals surface area (Å²) in [6, 6.07) is 9.31. The summed E-state index contributed by atoms with van der Waals surface area (Å²) in [5.74, 6) is -7.59. The molecule has 196 valence electrons. The first kappa shape index (κ1) is 25.1. The van der Waals surface area contributed by atoms with Crippen LogP contribution in [0.2, 0.25) is 0 Å². The Morgan fingerprint density at radius 1 is 1.03 bits per heavy atom. The minimum atomic E-state index is -1.20. The summed E-state index contributed by atoms with van der Waals surface area (Å²) in [7, 11) is 0. The number of carboxylic acid groups (broad SMARTS) is 1. The van der Waals surface area contributed by atoms with Gasteiger partial charge in [-0.15, -0.1) is 0 Å². The number of benzene rings is 2. The van der Waals surface area contributed by atoms with Gasteiger partial charge in [-0.2, -0.15) is 0 Å². The maximum absolute atomic E-state index is 14.5. The fourth-order valence-corrected chi connectivity index (χ4v) is 6.77. The van der Waals surface area contributed by atoms with E-state index in [9.17, 15) is 38.6 Å². The van der Waals surface area contributed by atoms with Crippen molar-refractivity contribution in [2.24, 2.45) is 17.8 Å². The molecule has 10 heteroatoms. The summed E-state index contributed by atoms with van der Waals surface area (Å²) >= 11 is 3.15. The normalized spacial score (nSPS) is 26.2. The Labute approximate surface area is 229 Å². The van der Waals surface area contributed by atoms with E-state index in [1.165, 1.54) is 42.5 Å². The molecule has 3 aliphatic carbocycles. The number of imide groups is 1. The molecule has 0 saturated carbocycles. The molecule has 4 atom stereocenters. The molecule has 1 heterocycles. The third kappa shape index (κ3) is 3.73. The lowest BCUT2D eigenvalue weighted by Gasteiger charge is -2.42. The number of fused-ring (bicyclic) bond motifs is 3. The summed E-state index contributed by atoms with van der Waals surface area (Å²) in [6.45, 7) is 0. The fourth-order valence-electron chi connectivity index (χ4n) is 6.32. The molecular weight excluding hydrogens is 573 g/mol. The molecule has 1 saturated heterocycles. The van der Waals surface area contributed by atoms with Crippen molar-refractivity contribution in [3.8, 4) is 5.75 Å². The number of halogens is 2. The number of Topliss-reactive ketones (excluding diaryl/α,β-unsaturated/α-hetero) is 1. The molecule has 39 heavy (non-hydrogen) atoms. The maximum atomic E-state index is 14.5. The molecule has 2 amide bonds. The van der Waals surface area contributed by atoms with E-state index in [4.69, 9.17) is 0 Å². The highest BCUT2D eigenvalue weighted by atomic mass is 79.9. The second-order valence-corrected chi connectivity index (χ2v) is 10.8. The van der Waals surface area contributed by atoms with Gasteiger partial charge in [0.2, 0.25) is 11.8 Å². The lowest BCUT2D eigenvalue weighted by Crippen LogP contribution is -2.39. The number of carboxylic acids is 1. The Morgan fingerprint density at radius 2 is 1.79 bits per heavy atom. The molecule has 0 aromatic heterocycles. The van der Waals surface area contributed by atoms with E-state index in [1.54, 1.807) is 6.08 Å². The van der Waals surface area contributed by atoms with Crippen LogP contribution in [-0.2, 0) is 19.2 Å². The molecule has 4 aliphatic rings. The van der Waals surface area contributed by atoms with Crippen molar-refractivity contribution < 1.29 is 38.6 Å². The van der Waals surface area contributed by atoms with Crippen LogP contribution in [0.3, 0.4) is 0 Å². The highest BCUT2D eigenvalue weighted by Gasteiger charge is 2.56. The predicted octanol–water partition coefficient (Wildman–Crippen LogP) is 4.20. The average molecular weight is 592 g/mol. The predicted molar refractivity (Wildman–Crippen MR) is 139 cm³/mol. The number of phenolic OH excluding ortho intramolecular Hbond substituents is 1. The summed E-state index contributed by atoms with van der Waals surface area (Å²) in [6.07, 6.45) is 3.18. The van der Waals surface area contributed by atoms with Gasteiger partial charge < -0.3 is 10.2 Å². The minimum Gasteiger partial charge on any atom is -0.505 e. The topological polar surface area (TPSA) is 129 Å². The van der Waals surface area contributed by atoms with Crippen LogP contribution in [-0.4, -0.2) is 39.6 Å². The van der Waals surface area contributed by atoms with Crippen molar-refractivity contribution in [3.05, 3.63) is 92.8 Å². The smallest absolute Gasteiger partial charge is 0.335 e. The third-order valence-electron chi connectivity index (χ3n) is 7.99. The minimum absolute atomic E-state index is 0.0366. The van der Waals surface area contributed by atoms with Crippen molar-refractivity contribution >= 4 is 51.0 Å². The van der Waals surface area contributed by atoms with E-state index < -0.39 is 64.6 Å². The number of aromatic carboxylic acids is 1. The number of aromatic hydroxyl groups is 1. The highest BCUT2D eigenvalue weighted by Crippen LogP contribution is 2.55. The fraction of sp³-hybridized carbons (Fsp3) is 0.207. The highest BCUT2D eigenvalue weighted by molar-refractivity contribution is 9.12. The van der Waals surface area contributed by atoms with Gasteiger partial charge in [0.05, 0.1) is 27.6 Å². The molecular formula is C29H19BrFNO7. The third-order valence-corrected chi connectivity index (χ3v) is 8.58. The van der Waals surface area contributed by atoms with E-state index in [1.807, 2.05) is 0 Å². The van der Waals surface area contributed by atoms with E-state index in [-0.39, 0.29) is 39.7 Å². The van der Waals surface area contributed by atoms with Gasteiger partial charge >= 0.3 is 5.97 Å². The summed E-state index contributed by atoms with van der Waals surface area (Å²) in [5, 5.41) is 19.1. The monoisotopic (exact) mass is 591 g/mol. The zero-order valence-electron chi connectivity index (χ0n) is 20.1. The number of carbonyl (C=O) groups is 5. The molecule has 6 rings (SSSR count). The number of carbonyl (C=O) groups excluding carboxylic acids is 4. The molecule has 0 spiro atoms. The van der Waals surface area contributed by atoms with Gasteiger partial charge in [0.15, 0.2) is 23.1 Å². The number of hydrogen-bond donors (Lipinski definition) is 2. The van der Waals surface area contributed by atoms with Crippen molar-refractivity contribution in [2.45, 2.75) is 18.8 Å². The van der Waals surface area contributed by atoms with Gasteiger partial charge in [-0.25, -0.2) is 9.18 Å². The number of allylic oxidation sites excluding steroid dienone is 6. The Bertz CT molecular complexity index is 1640. The molecule has 8 nitrogen and oxygen atoms in total. The second-order valence-electron chi connectivity index (χ2n) is 9.97. The number of ketones is 2. The summed E-state index contributed by atoms with van der Waals surface area (Å²) < 4.78 is 14.5. The largest absolute Gasteiger partial charge is 0.505 e. The van der Waals surface area contributed by atoms with Crippen LogP contribution in [0.4, 0.5) is 10.1 Å². The number of phenols is 1. The van der Waals surface area contributed by atoms with E-state index in [0.29, 0.717) is 11.1 Å². The molecule has 1 fully saturated rings. The van der Waals surface area contributed by atoms with E-state index >= 15 is 0 Å². The van der Waals surface area contributed by atoms with Crippen molar-refractivity contribution in [3.63, 3.8) is 0 Å². The number of rotatable bonds is 3. The van der Waals surface area contributed by atoms with Gasteiger partial charge in [0.1, 0.15) is 0 Å². The van der Waals surface area contributed by atoms with Gasteiger partial charge in [0, 0.05) is 23.1 Å². The van der Waals surface area contributed by atoms with Gasteiger partial charge in [-0.3, -0.25) is 24.1 Å². The number of amides is 2. The second kappa shape index (κ2) is 8.94. The Hall–Kier alpha value is -4.18. The van der Waals surface area contributed by atoms with Crippen LogP contribution >= 0.6 is 15.9 Å². The first-order valence-electron chi connectivity index (χ1n) is 12.2. The first-order chi connectivity index (χ1) is 18.6. The average Bonchev–Trinajstić information content (AvgIpc) is 3.17. The SMILES string of the molecule is O=C1C=C(Br)C(=O)C2=C1C(c1ccc(O)c(F)c1)C1=CCC3C(=O)N(c4cccc(C(=O)O)c4)C(=O)C3C1C2. The van der Waals surface area contributed by atoms with Crippen LogP contribution in [0.1, 0.15) is 34.7 Å². The molecule has 1 aliphatic heterocycles. The quantitative estimate of drug-likeness (QED) is 0.311. The van der Waals surface area contributed by atoms with Gasteiger partial charge in [0.25, 0.3) is 0 Å². The zero-order valence-corrected chi connectivity index (χ0v) is 21.6. The number of anilines is 1. The molecule has 0 radical (unpaired) electrons. The zero-order chi connectivity index (χ0) is 27.7. The van der Waals surface area contributed by atoms with Gasteiger partial charge in [-0.1, -0.05) is 23.8 Å². The van der Waals surface area contributed by atoms with Crippen LogP contribution in [0, 0.1) is 23.6 Å². The van der Waals surface area contributed by atoms with Crippen molar-refractivity contribution in [1.29, 1.82) is 0 Å². The maximum Gasteiger partial charge on any atom is 0.335 e. The lowest BCUT2D eigenvalue weighted by molar-refractivity contribution is -0.123. The van der Waals surface area contributed by atoms with Crippen LogP contribution < -0.4 is 4.90 Å². The molecule has 2 N–H and O–H groups in total. The van der Waals surface area contributed by atoms with Crippen LogP contribution in [0.15, 0.2) is 75.8 Å². The van der Waals surface area contributed by atoms with E-state index in [0.717, 1.165) is 11.0 Å². The van der Waals surface area contributed by atoms with E-state index in [2.05, 4.69) is 15.9 Å². The lowest BCUT2D eigenvalue weighted by atomic mass is 9.59. The van der Waals surface area contributed by atoms with Crippen molar-refractivity contribution in [1.82, 2.24) is 0 Å². The molecule has 0 bridgehead atoms. The molecule has 4 unspecified atom stereocenters. The summed E-state index contributed by atoms with van der Waals surface area (Å²) in [5.41, 5.74) is 1.42. The Kier molecular flexibility index (Phi) is 5.76. The Morgan fingerprint density at radius 3 is 2.51 bits per heavy atom. The van der Waals surface area contributed by atoms with Crippen LogP contribution in [0.25, 0.3) is 0 Å². The molecule has 2 aromatic rings. The van der Waals surface area contributed by atoms with Crippen molar-refractivity contribution in [2.75, 3.05) is 4.90 Å². The summed E-state index contributed by atoms with van der Waals surface area (Å²) in [4.78, 5) is 66.3. The Balaban J connectivity index is 1.48. The van der Waals surface area contributed by atoms with Crippen LogP contribution in [0.5, 0.6) is 5.75 Å². The first-order valence-corrected chi connectivity index (χ1v) is 13.0.